The molecular formula is C15H18N4O2. The molecule has 1 fully saturated rings. The van der Waals surface area contributed by atoms with Gasteiger partial charge in [-0.05, 0) is 38.0 Å². The van der Waals surface area contributed by atoms with Gasteiger partial charge in [-0.2, -0.15) is 0 Å². The van der Waals surface area contributed by atoms with Crippen LogP contribution in [0.2, 0.25) is 0 Å². The molecule has 0 spiro atoms. The van der Waals surface area contributed by atoms with Gasteiger partial charge in [0.05, 0.1) is 5.56 Å². The quantitative estimate of drug-likeness (QED) is 0.634. The summed E-state index contributed by atoms with van der Waals surface area (Å²) in [6, 6.07) is 5.04. The van der Waals surface area contributed by atoms with Gasteiger partial charge in [-0.1, -0.05) is 0 Å². The zero-order chi connectivity index (χ0) is 15.0. The number of hydrogen-bond donors (Lipinski definition) is 4. The Morgan fingerprint density at radius 1 is 1.38 bits per heavy atom. The van der Waals surface area contributed by atoms with Gasteiger partial charge in [-0.15, -0.1) is 0 Å². The summed E-state index contributed by atoms with van der Waals surface area (Å²) in [6.45, 7) is 1.68. The number of fused-ring (bicyclic) bond motifs is 1. The van der Waals surface area contributed by atoms with Gasteiger partial charge in [0, 0.05) is 28.8 Å². The average molecular weight is 286 g/mol. The summed E-state index contributed by atoms with van der Waals surface area (Å²) < 4.78 is 0. The van der Waals surface area contributed by atoms with E-state index in [4.69, 9.17) is 5.73 Å². The summed E-state index contributed by atoms with van der Waals surface area (Å²) >= 11 is 0. The van der Waals surface area contributed by atoms with Crippen molar-refractivity contribution in [1.29, 1.82) is 0 Å². The monoisotopic (exact) mass is 286 g/mol. The Kier molecular flexibility index (Phi) is 3.29. The molecule has 2 amide bonds. The SMILES string of the molecule is CC(NC(=O)c1c[nH]c2cc(N)ccc12)C(=O)NC1CC1. The van der Waals surface area contributed by atoms with Gasteiger partial charge < -0.3 is 21.4 Å². The molecule has 5 N–H and O–H groups in total. The number of nitrogen functional groups attached to an aromatic ring is 1. The third-order valence-electron chi connectivity index (χ3n) is 3.62. The number of carbonyl (C=O) groups excluding carboxylic acids is 2. The maximum Gasteiger partial charge on any atom is 0.254 e. The predicted octanol–water partition coefficient (Wildman–Crippen LogP) is 1.15. The van der Waals surface area contributed by atoms with E-state index >= 15 is 0 Å². The molecule has 1 aromatic carbocycles. The molecule has 6 heteroatoms. The van der Waals surface area contributed by atoms with Gasteiger partial charge in [-0.25, -0.2) is 0 Å². The van der Waals surface area contributed by atoms with E-state index in [2.05, 4.69) is 15.6 Å². The number of H-pyrrole nitrogens is 1. The van der Waals surface area contributed by atoms with Gasteiger partial charge in [0.2, 0.25) is 5.91 Å². The summed E-state index contributed by atoms with van der Waals surface area (Å²) in [7, 11) is 0. The fraction of sp³-hybridized carbons (Fsp3) is 0.333. The highest BCUT2D eigenvalue weighted by atomic mass is 16.2. The number of benzene rings is 1. The van der Waals surface area contributed by atoms with Crippen molar-refractivity contribution >= 4 is 28.4 Å². The lowest BCUT2D eigenvalue weighted by Gasteiger charge is -2.13. The number of aromatic nitrogens is 1. The lowest BCUT2D eigenvalue weighted by atomic mass is 10.1. The Labute approximate surface area is 122 Å². The first kappa shape index (κ1) is 13.5. The van der Waals surface area contributed by atoms with E-state index < -0.39 is 6.04 Å². The van der Waals surface area contributed by atoms with E-state index in [0.717, 1.165) is 23.7 Å². The van der Waals surface area contributed by atoms with Crippen LogP contribution in [-0.4, -0.2) is 28.9 Å². The second kappa shape index (κ2) is 5.12. The zero-order valence-corrected chi connectivity index (χ0v) is 11.8. The van der Waals surface area contributed by atoms with Gasteiger partial charge in [-0.3, -0.25) is 9.59 Å². The van der Waals surface area contributed by atoms with Crippen molar-refractivity contribution in [2.45, 2.75) is 31.8 Å². The fourth-order valence-electron chi connectivity index (χ4n) is 2.23. The number of nitrogens with one attached hydrogen (secondary N) is 3. The molecule has 0 radical (unpaired) electrons. The first-order chi connectivity index (χ1) is 10.0. The van der Waals surface area contributed by atoms with Crippen LogP contribution >= 0.6 is 0 Å². The lowest BCUT2D eigenvalue weighted by molar-refractivity contribution is -0.122. The molecule has 1 atom stereocenters. The van der Waals surface area contributed by atoms with Crippen LogP contribution in [0.15, 0.2) is 24.4 Å². The van der Waals surface area contributed by atoms with E-state index in [1.807, 2.05) is 0 Å². The third-order valence-corrected chi connectivity index (χ3v) is 3.62. The first-order valence-corrected chi connectivity index (χ1v) is 7.02. The fourth-order valence-corrected chi connectivity index (χ4v) is 2.23. The number of carbonyl (C=O) groups is 2. The van der Waals surface area contributed by atoms with Crippen molar-refractivity contribution in [2.75, 3.05) is 5.73 Å². The molecule has 1 heterocycles. The topological polar surface area (TPSA) is 100 Å². The highest BCUT2D eigenvalue weighted by Gasteiger charge is 2.26. The Morgan fingerprint density at radius 3 is 2.86 bits per heavy atom. The molecule has 110 valence electrons. The second-order valence-corrected chi connectivity index (χ2v) is 5.49. The van der Waals surface area contributed by atoms with Gasteiger partial charge in [0.1, 0.15) is 6.04 Å². The van der Waals surface area contributed by atoms with Crippen LogP contribution in [0, 0.1) is 0 Å². The van der Waals surface area contributed by atoms with Crippen LogP contribution in [0.25, 0.3) is 10.9 Å². The number of rotatable bonds is 4. The molecule has 0 saturated heterocycles. The normalized spacial score (nSPS) is 15.7. The van der Waals surface area contributed by atoms with E-state index in [1.165, 1.54) is 0 Å². The Balaban J connectivity index is 1.72. The van der Waals surface area contributed by atoms with Crippen LogP contribution in [-0.2, 0) is 4.79 Å². The first-order valence-electron chi connectivity index (χ1n) is 7.02. The van der Waals surface area contributed by atoms with Crippen molar-refractivity contribution in [2.24, 2.45) is 0 Å². The van der Waals surface area contributed by atoms with Crippen LogP contribution in [0.5, 0.6) is 0 Å². The molecule has 1 aromatic heterocycles. The maximum absolute atomic E-state index is 12.3. The van der Waals surface area contributed by atoms with E-state index in [1.54, 1.807) is 31.3 Å². The van der Waals surface area contributed by atoms with Gasteiger partial charge in [0.25, 0.3) is 5.91 Å². The number of amides is 2. The van der Waals surface area contributed by atoms with E-state index in [-0.39, 0.29) is 17.9 Å². The van der Waals surface area contributed by atoms with E-state index in [0.29, 0.717) is 11.3 Å². The highest BCUT2D eigenvalue weighted by molar-refractivity contribution is 6.08. The lowest BCUT2D eigenvalue weighted by Crippen LogP contribution is -2.45. The van der Waals surface area contributed by atoms with Crippen LogP contribution in [0.1, 0.15) is 30.1 Å². The zero-order valence-electron chi connectivity index (χ0n) is 11.8. The number of hydrogen-bond acceptors (Lipinski definition) is 3. The van der Waals surface area contributed by atoms with Crippen molar-refractivity contribution in [3.05, 3.63) is 30.0 Å². The van der Waals surface area contributed by atoms with Crippen molar-refractivity contribution in [1.82, 2.24) is 15.6 Å². The van der Waals surface area contributed by atoms with Gasteiger partial charge in [0.15, 0.2) is 0 Å². The molecule has 0 aliphatic heterocycles. The van der Waals surface area contributed by atoms with Crippen LogP contribution in [0.3, 0.4) is 0 Å². The maximum atomic E-state index is 12.3. The minimum absolute atomic E-state index is 0.144. The minimum Gasteiger partial charge on any atom is -0.399 e. The summed E-state index contributed by atoms with van der Waals surface area (Å²) in [5.41, 5.74) is 7.65. The molecule has 6 nitrogen and oxygen atoms in total. The number of aromatic amines is 1. The minimum atomic E-state index is -0.558. The molecule has 1 saturated carbocycles. The summed E-state index contributed by atoms with van der Waals surface area (Å²) in [4.78, 5) is 27.1. The van der Waals surface area contributed by atoms with Crippen LogP contribution < -0.4 is 16.4 Å². The van der Waals surface area contributed by atoms with Crippen LogP contribution in [0.4, 0.5) is 5.69 Å². The Hall–Kier alpha value is -2.50. The molecule has 1 aliphatic carbocycles. The molecule has 2 aromatic rings. The van der Waals surface area contributed by atoms with Gasteiger partial charge >= 0.3 is 0 Å². The number of anilines is 1. The van der Waals surface area contributed by atoms with Crippen molar-refractivity contribution < 1.29 is 9.59 Å². The average Bonchev–Trinajstić information content (AvgIpc) is 3.15. The summed E-state index contributed by atoms with van der Waals surface area (Å²) in [5.74, 6) is -0.417. The predicted molar refractivity (Wildman–Crippen MR) is 80.8 cm³/mol. The standard InChI is InChI=1S/C15H18N4O2/c1-8(14(20)19-10-3-4-10)18-15(21)12-7-17-13-6-9(16)2-5-11(12)13/h2,5-8,10,17H,3-4,16H2,1H3,(H,18,21)(H,19,20). The molecular weight excluding hydrogens is 268 g/mol. The molecule has 1 aliphatic rings. The smallest absolute Gasteiger partial charge is 0.254 e. The van der Waals surface area contributed by atoms with Crippen molar-refractivity contribution in [3.8, 4) is 0 Å². The molecule has 0 bridgehead atoms. The third kappa shape index (κ3) is 2.84. The number of nitrogens with two attached hydrogens (primary N) is 1. The van der Waals surface area contributed by atoms with E-state index in [9.17, 15) is 9.59 Å². The molecule has 3 rings (SSSR count). The molecule has 21 heavy (non-hydrogen) atoms. The second-order valence-electron chi connectivity index (χ2n) is 5.49. The summed E-state index contributed by atoms with van der Waals surface area (Å²) in [5, 5.41) is 6.38. The summed E-state index contributed by atoms with van der Waals surface area (Å²) in [6.07, 6.45) is 3.68. The molecule has 1 unspecified atom stereocenters. The largest absolute Gasteiger partial charge is 0.399 e. The van der Waals surface area contributed by atoms with Crippen molar-refractivity contribution in [3.63, 3.8) is 0 Å². The Morgan fingerprint density at radius 2 is 2.14 bits per heavy atom. The Bertz CT molecular complexity index is 703. The highest BCUT2D eigenvalue weighted by Crippen LogP contribution is 2.21.